The lowest BCUT2D eigenvalue weighted by Gasteiger charge is -2.39. The summed E-state index contributed by atoms with van der Waals surface area (Å²) in [6, 6.07) is -0.0477. The molecule has 0 aromatic carbocycles. The van der Waals surface area contributed by atoms with Crippen LogP contribution < -0.4 is 10.6 Å². The van der Waals surface area contributed by atoms with Gasteiger partial charge in [-0.25, -0.2) is 12.7 Å². The van der Waals surface area contributed by atoms with Gasteiger partial charge in [0, 0.05) is 25.7 Å². The van der Waals surface area contributed by atoms with Gasteiger partial charge in [0.25, 0.3) is 0 Å². The third-order valence-electron chi connectivity index (χ3n) is 5.68. The smallest absolute Gasteiger partial charge is 0.228 e. The zero-order chi connectivity index (χ0) is 15.8. The van der Waals surface area contributed by atoms with Crippen molar-refractivity contribution in [3.05, 3.63) is 0 Å². The van der Waals surface area contributed by atoms with Crippen LogP contribution in [0.2, 0.25) is 0 Å². The highest BCUT2D eigenvalue weighted by Crippen LogP contribution is 2.44. The van der Waals surface area contributed by atoms with Gasteiger partial charge in [0.15, 0.2) is 0 Å². The predicted molar refractivity (Wildman–Crippen MR) is 84.8 cm³/mol. The monoisotopic (exact) mass is 329 g/mol. The number of hydrogen-bond acceptors (Lipinski definition) is 4. The number of piperidine rings is 1. The third kappa shape index (κ3) is 3.03. The van der Waals surface area contributed by atoms with Crippen LogP contribution in [0.3, 0.4) is 0 Å². The maximum absolute atomic E-state index is 12.9. The van der Waals surface area contributed by atoms with Gasteiger partial charge in [0.1, 0.15) is 0 Å². The topological polar surface area (TPSA) is 78.5 Å². The number of amides is 1. The molecule has 0 aromatic rings. The van der Waals surface area contributed by atoms with Gasteiger partial charge in [-0.05, 0) is 38.1 Å². The molecule has 126 valence electrons. The van der Waals surface area contributed by atoms with E-state index < -0.39 is 10.0 Å². The number of carbonyl (C=O) groups excluding carboxylic acids is 1. The minimum Gasteiger partial charge on any atom is -0.352 e. The molecule has 1 unspecified atom stereocenters. The molecule has 3 atom stereocenters. The molecular formula is C15H27N3O3S. The minimum absolute atomic E-state index is 0.0477. The Morgan fingerprint density at radius 3 is 2.86 bits per heavy atom. The first-order valence-corrected chi connectivity index (χ1v) is 10.2. The summed E-state index contributed by atoms with van der Waals surface area (Å²) in [5.41, 5.74) is -0.258. The largest absolute Gasteiger partial charge is 0.352 e. The average molecular weight is 329 g/mol. The Morgan fingerprint density at radius 2 is 2.09 bits per heavy atom. The second kappa shape index (κ2) is 6.09. The van der Waals surface area contributed by atoms with Crippen molar-refractivity contribution in [1.82, 2.24) is 14.9 Å². The normalized spacial score (nSPS) is 36.8. The summed E-state index contributed by atoms with van der Waals surface area (Å²) in [5.74, 6) is 0.582. The molecule has 2 N–H and O–H groups in total. The van der Waals surface area contributed by atoms with E-state index in [0.29, 0.717) is 19.0 Å². The highest BCUT2D eigenvalue weighted by molar-refractivity contribution is 7.88. The summed E-state index contributed by atoms with van der Waals surface area (Å²) in [7, 11) is -3.17. The first kappa shape index (κ1) is 16.2. The van der Waals surface area contributed by atoms with Gasteiger partial charge in [-0.15, -0.1) is 0 Å². The summed E-state index contributed by atoms with van der Waals surface area (Å²) in [5, 5.41) is 6.56. The first-order valence-electron chi connectivity index (χ1n) is 8.39. The molecule has 3 fully saturated rings. The molecule has 2 heterocycles. The summed E-state index contributed by atoms with van der Waals surface area (Å²) in [4.78, 5) is 12.9. The highest BCUT2D eigenvalue weighted by Gasteiger charge is 2.50. The van der Waals surface area contributed by atoms with Crippen LogP contribution in [0.5, 0.6) is 0 Å². The zero-order valence-corrected chi connectivity index (χ0v) is 14.1. The number of sulfonamides is 1. The number of rotatable bonds is 3. The Hall–Kier alpha value is -0.660. The molecule has 1 saturated carbocycles. The summed E-state index contributed by atoms with van der Waals surface area (Å²) in [6.07, 6.45) is 7.34. The van der Waals surface area contributed by atoms with E-state index in [0.717, 1.165) is 45.2 Å². The third-order valence-corrected chi connectivity index (χ3v) is 6.95. The van der Waals surface area contributed by atoms with Crippen LogP contribution in [0.1, 0.15) is 38.5 Å². The highest BCUT2D eigenvalue weighted by atomic mass is 32.2. The van der Waals surface area contributed by atoms with Gasteiger partial charge in [0.05, 0.1) is 11.7 Å². The standard InChI is InChI=1S/C15H27N3O3S/c1-22(20,21)18-8-4-6-13(10-18)17-14(19)15-7-3-2-5-12(15)9-16-11-15/h12-13,16H,2-11H2,1H3,(H,17,19)/t12-,13?,15+/m0/s1. The second-order valence-electron chi connectivity index (χ2n) is 7.16. The van der Waals surface area contributed by atoms with E-state index in [1.165, 1.54) is 17.0 Å². The molecule has 2 saturated heterocycles. The molecule has 0 spiro atoms. The van der Waals surface area contributed by atoms with Crippen LogP contribution >= 0.6 is 0 Å². The maximum atomic E-state index is 12.9. The van der Waals surface area contributed by atoms with Crippen molar-refractivity contribution in [2.45, 2.75) is 44.6 Å². The molecule has 0 aromatic heterocycles. The predicted octanol–water partition coefficient (Wildman–Crippen LogP) is 0.306. The number of nitrogens with zero attached hydrogens (tertiary/aromatic N) is 1. The van der Waals surface area contributed by atoms with Crippen molar-refractivity contribution in [1.29, 1.82) is 0 Å². The van der Waals surface area contributed by atoms with Crippen LogP contribution in [0, 0.1) is 11.3 Å². The van der Waals surface area contributed by atoms with Crippen LogP contribution in [0.15, 0.2) is 0 Å². The van der Waals surface area contributed by atoms with Crippen molar-refractivity contribution >= 4 is 15.9 Å². The van der Waals surface area contributed by atoms with E-state index in [-0.39, 0.29) is 17.4 Å². The second-order valence-corrected chi connectivity index (χ2v) is 9.15. The Morgan fingerprint density at radius 1 is 1.27 bits per heavy atom. The Balaban J connectivity index is 1.66. The average Bonchev–Trinajstić information content (AvgIpc) is 2.92. The fourth-order valence-electron chi connectivity index (χ4n) is 4.38. The molecular weight excluding hydrogens is 302 g/mol. The van der Waals surface area contributed by atoms with Crippen LogP contribution in [0.4, 0.5) is 0 Å². The van der Waals surface area contributed by atoms with E-state index >= 15 is 0 Å². The molecule has 22 heavy (non-hydrogen) atoms. The lowest BCUT2D eigenvalue weighted by molar-refractivity contribution is -0.135. The molecule has 1 aliphatic carbocycles. The molecule has 0 radical (unpaired) electrons. The maximum Gasteiger partial charge on any atom is 0.228 e. The SMILES string of the molecule is CS(=O)(=O)N1CCCC(NC(=O)[C@@]23CCCC[C@H]2CNC3)C1. The van der Waals surface area contributed by atoms with E-state index in [2.05, 4.69) is 10.6 Å². The van der Waals surface area contributed by atoms with Gasteiger partial charge in [-0.1, -0.05) is 12.8 Å². The van der Waals surface area contributed by atoms with Crippen LogP contribution in [0.25, 0.3) is 0 Å². The van der Waals surface area contributed by atoms with Crippen molar-refractivity contribution in [2.75, 3.05) is 32.4 Å². The molecule has 7 heteroatoms. The molecule has 0 bridgehead atoms. The Labute approximate surface area is 133 Å². The van der Waals surface area contributed by atoms with E-state index in [1.807, 2.05) is 0 Å². The fourth-order valence-corrected chi connectivity index (χ4v) is 5.29. The molecule has 3 rings (SSSR count). The van der Waals surface area contributed by atoms with Gasteiger partial charge in [-0.2, -0.15) is 0 Å². The van der Waals surface area contributed by atoms with E-state index in [9.17, 15) is 13.2 Å². The Bertz CT molecular complexity index is 536. The molecule has 1 amide bonds. The Kier molecular flexibility index (Phi) is 4.49. The first-order chi connectivity index (χ1) is 10.4. The van der Waals surface area contributed by atoms with Crippen LogP contribution in [-0.4, -0.2) is 57.1 Å². The van der Waals surface area contributed by atoms with Crippen LogP contribution in [-0.2, 0) is 14.8 Å². The quantitative estimate of drug-likeness (QED) is 0.781. The number of hydrogen-bond donors (Lipinski definition) is 2. The van der Waals surface area contributed by atoms with Gasteiger partial charge < -0.3 is 10.6 Å². The summed E-state index contributed by atoms with van der Waals surface area (Å²) < 4.78 is 24.9. The van der Waals surface area contributed by atoms with E-state index in [1.54, 1.807) is 0 Å². The summed E-state index contributed by atoms with van der Waals surface area (Å²) in [6.45, 7) is 2.69. The lowest BCUT2D eigenvalue weighted by atomic mass is 9.67. The fraction of sp³-hybridized carbons (Fsp3) is 0.933. The number of fused-ring (bicyclic) bond motifs is 1. The molecule has 3 aliphatic rings. The number of nitrogens with one attached hydrogen (secondary N) is 2. The van der Waals surface area contributed by atoms with Gasteiger partial charge in [0.2, 0.25) is 15.9 Å². The zero-order valence-electron chi connectivity index (χ0n) is 13.3. The van der Waals surface area contributed by atoms with Gasteiger partial charge in [-0.3, -0.25) is 4.79 Å². The number of carbonyl (C=O) groups is 1. The van der Waals surface area contributed by atoms with Crippen molar-refractivity contribution in [2.24, 2.45) is 11.3 Å². The minimum atomic E-state index is -3.17. The summed E-state index contributed by atoms with van der Waals surface area (Å²) >= 11 is 0. The van der Waals surface area contributed by atoms with Crippen molar-refractivity contribution in [3.8, 4) is 0 Å². The molecule has 2 aliphatic heterocycles. The lowest BCUT2D eigenvalue weighted by Crippen LogP contribution is -2.55. The van der Waals surface area contributed by atoms with Gasteiger partial charge >= 0.3 is 0 Å². The molecule has 6 nitrogen and oxygen atoms in total. The van der Waals surface area contributed by atoms with Crippen molar-refractivity contribution in [3.63, 3.8) is 0 Å². The van der Waals surface area contributed by atoms with E-state index in [4.69, 9.17) is 0 Å². The van der Waals surface area contributed by atoms with Crippen molar-refractivity contribution < 1.29 is 13.2 Å².